The van der Waals surface area contributed by atoms with Crippen molar-refractivity contribution in [1.82, 2.24) is 18.5 Å². The lowest BCUT2D eigenvalue weighted by Crippen LogP contribution is -2.38. The summed E-state index contributed by atoms with van der Waals surface area (Å²) in [4.78, 5) is 12.9. The highest BCUT2D eigenvalue weighted by Gasteiger charge is 2.28. The first-order chi connectivity index (χ1) is 13.9. The van der Waals surface area contributed by atoms with Crippen LogP contribution in [-0.2, 0) is 16.6 Å². The molecule has 1 fully saturated rings. The van der Waals surface area contributed by atoms with Gasteiger partial charge in [0.05, 0.1) is 18.6 Å². The standard InChI is InChI=1S/C20H24N4O4S/c1-15-8-10-22(11-9-15)29(26,27)18-6-7-19-21-24(20(25)23(19)14-18)13-16-4-3-5-17(12-16)28-2/h3-7,12,14-15H,8-11,13H2,1-2H3. The molecule has 0 spiro atoms. The zero-order chi connectivity index (χ0) is 20.6. The molecule has 0 saturated carbocycles. The summed E-state index contributed by atoms with van der Waals surface area (Å²) in [6, 6.07) is 10.5. The van der Waals surface area contributed by atoms with Crippen LogP contribution in [0.3, 0.4) is 0 Å². The zero-order valence-corrected chi connectivity index (χ0v) is 17.3. The molecule has 0 aliphatic carbocycles. The largest absolute Gasteiger partial charge is 0.497 e. The monoisotopic (exact) mass is 416 g/mol. The summed E-state index contributed by atoms with van der Waals surface area (Å²) in [5, 5.41) is 4.33. The Morgan fingerprint density at radius 2 is 1.93 bits per heavy atom. The third-order valence-electron chi connectivity index (χ3n) is 5.40. The van der Waals surface area contributed by atoms with Gasteiger partial charge in [-0.1, -0.05) is 19.1 Å². The Kier molecular flexibility index (Phi) is 5.18. The van der Waals surface area contributed by atoms with Crippen molar-refractivity contribution in [2.24, 2.45) is 5.92 Å². The molecule has 0 atom stereocenters. The molecule has 0 amide bonds. The first-order valence-electron chi connectivity index (χ1n) is 9.61. The molecule has 1 aromatic carbocycles. The molecule has 3 aromatic rings. The smallest absolute Gasteiger partial charge is 0.350 e. The predicted octanol–water partition coefficient (Wildman–Crippen LogP) is 1.97. The van der Waals surface area contributed by atoms with Gasteiger partial charge in [0.15, 0.2) is 5.65 Å². The van der Waals surface area contributed by atoms with Crippen LogP contribution in [0.1, 0.15) is 25.3 Å². The van der Waals surface area contributed by atoms with E-state index in [0.29, 0.717) is 30.4 Å². The van der Waals surface area contributed by atoms with Crippen molar-refractivity contribution in [3.8, 4) is 5.75 Å². The lowest BCUT2D eigenvalue weighted by atomic mass is 10.0. The first-order valence-corrected chi connectivity index (χ1v) is 11.0. The van der Waals surface area contributed by atoms with Gasteiger partial charge in [0.2, 0.25) is 10.0 Å². The maximum Gasteiger partial charge on any atom is 0.350 e. The number of ether oxygens (including phenoxy) is 1. The second-order valence-corrected chi connectivity index (χ2v) is 9.41. The number of piperidine rings is 1. The van der Waals surface area contributed by atoms with Crippen molar-refractivity contribution in [3.05, 3.63) is 58.6 Å². The molecule has 3 heterocycles. The van der Waals surface area contributed by atoms with Crippen molar-refractivity contribution in [2.75, 3.05) is 20.2 Å². The summed E-state index contributed by atoms with van der Waals surface area (Å²) in [5.74, 6) is 1.23. The van der Waals surface area contributed by atoms with Crippen LogP contribution in [0.25, 0.3) is 5.65 Å². The van der Waals surface area contributed by atoms with Gasteiger partial charge in [0.1, 0.15) is 5.75 Å². The fourth-order valence-electron chi connectivity index (χ4n) is 3.57. The molecular weight excluding hydrogens is 392 g/mol. The fraction of sp³-hybridized carbons (Fsp3) is 0.400. The van der Waals surface area contributed by atoms with E-state index in [1.54, 1.807) is 13.2 Å². The molecule has 2 aromatic heterocycles. The van der Waals surface area contributed by atoms with Crippen LogP contribution in [-0.4, -0.2) is 47.1 Å². The number of methoxy groups -OCH3 is 1. The second kappa shape index (κ2) is 7.64. The van der Waals surface area contributed by atoms with Gasteiger partial charge in [0.25, 0.3) is 0 Å². The third kappa shape index (κ3) is 3.79. The lowest BCUT2D eigenvalue weighted by molar-refractivity contribution is 0.288. The number of pyridine rings is 1. The van der Waals surface area contributed by atoms with E-state index < -0.39 is 10.0 Å². The molecule has 4 rings (SSSR count). The molecule has 154 valence electrons. The molecule has 8 nitrogen and oxygen atoms in total. The van der Waals surface area contributed by atoms with Gasteiger partial charge < -0.3 is 4.74 Å². The van der Waals surface area contributed by atoms with E-state index in [1.165, 1.54) is 25.7 Å². The van der Waals surface area contributed by atoms with E-state index in [0.717, 1.165) is 18.4 Å². The van der Waals surface area contributed by atoms with Gasteiger partial charge in [-0.25, -0.2) is 22.3 Å². The highest BCUT2D eigenvalue weighted by Crippen LogP contribution is 2.23. The van der Waals surface area contributed by atoms with Gasteiger partial charge in [-0.2, -0.15) is 4.31 Å². The molecule has 0 unspecified atom stereocenters. The Hall–Kier alpha value is -2.65. The summed E-state index contributed by atoms with van der Waals surface area (Å²) in [6.07, 6.45) is 3.07. The van der Waals surface area contributed by atoms with Crippen molar-refractivity contribution >= 4 is 15.7 Å². The predicted molar refractivity (Wildman–Crippen MR) is 109 cm³/mol. The van der Waals surface area contributed by atoms with Gasteiger partial charge >= 0.3 is 5.69 Å². The summed E-state index contributed by atoms with van der Waals surface area (Å²) in [5.41, 5.74) is 0.890. The SMILES string of the molecule is COc1cccc(Cn2nc3ccc(S(=O)(=O)N4CCC(C)CC4)cn3c2=O)c1. The number of benzene rings is 1. The highest BCUT2D eigenvalue weighted by molar-refractivity contribution is 7.89. The number of hydrogen-bond donors (Lipinski definition) is 0. The molecular formula is C20H24N4O4S. The van der Waals surface area contributed by atoms with E-state index in [9.17, 15) is 13.2 Å². The number of sulfonamides is 1. The van der Waals surface area contributed by atoms with E-state index in [4.69, 9.17) is 4.74 Å². The van der Waals surface area contributed by atoms with Gasteiger partial charge in [-0.05, 0) is 48.6 Å². The normalized spacial score (nSPS) is 16.3. The Bertz CT molecular complexity index is 1190. The van der Waals surface area contributed by atoms with Crippen LogP contribution in [0.2, 0.25) is 0 Å². The number of nitrogens with zero attached hydrogens (tertiary/aromatic N) is 4. The maximum absolute atomic E-state index is 13.0. The van der Waals surface area contributed by atoms with E-state index in [1.807, 2.05) is 24.3 Å². The van der Waals surface area contributed by atoms with Gasteiger partial charge in [-0.15, -0.1) is 5.10 Å². The molecule has 1 saturated heterocycles. The molecule has 0 bridgehead atoms. The quantitative estimate of drug-likeness (QED) is 0.635. The van der Waals surface area contributed by atoms with E-state index in [-0.39, 0.29) is 17.1 Å². The number of hydrogen-bond acceptors (Lipinski definition) is 5. The summed E-state index contributed by atoms with van der Waals surface area (Å²) < 4.78 is 35.3. The zero-order valence-electron chi connectivity index (χ0n) is 16.5. The Morgan fingerprint density at radius 1 is 1.17 bits per heavy atom. The Balaban J connectivity index is 1.66. The lowest BCUT2D eigenvalue weighted by Gasteiger charge is -2.29. The average molecular weight is 417 g/mol. The van der Waals surface area contributed by atoms with E-state index in [2.05, 4.69) is 12.0 Å². The fourth-order valence-corrected chi connectivity index (χ4v) is 5.04. The van der Waals surface area contributed by atoms with Crippen LogP contribution < -0.4 is 10.4 Å². The third-order valence-corrected chi connectivity index (χ3v) is 7.28. The minimum Gasteiger partial charge on any atom is -0.497 e. The van der Waals surface area contributed by atoms with Crippen LogP contribution in [0.15, 0.2) is 52.3 Å². The van der Waals surface area contributed by atoms with Crippen molar-refractivity contribution < 1.29 is 13.2 Å². The first kappa shape index (κ1) is 19.7. The van der Waals surface area contributed by atoms with Crippen molar-refractivity contribution in [3.63, 3.8) is 0 Å². The van der Waals surface area contributed by atoms with Gasteiger partial charge in [0, 0.05) is 19.3 Å². The molecule has 1 aliphatic heterocycles. The Labute approximate surface area is 169 Å². The summed E-state index contributed by atoms with van der Waals surface area (Å²) in [7, 11) is -2.05. The van der Waals surface area contributed by atoms with Crippen LogP contribution in [0.4, 0.5) is 0 Å². The van der Waals surface area contributed by atoms with Crippen LogP contribution >= 0.6 is 0 Å². The molecule has 0 radical (unpaired) electrons. The molecule has 9 heteroatoms. The molecule has 0 N–H and O–H groups in total. The number of fused-ring (bicyclic) bond motifs is 1. The minimum atomic E-state index is -3.63. The number of aromatic nitrogens is 3. The molecule has 29 heavy (non-hydrogen) atoms. The average Bonchev–Trinajstić information content (AvgIpc) is 3.03. The summed E-state index contributed by atoms with van der Waals surface area (Å²) in [6.45, 7) is 3.41. The summed E-state index contributed by atoms with van der Waals surface area (Å²) >= 11 is 0. The van der Waals surface area contributed by atoms with Crippen LogP contribution in [0, 0.1) is 5.92 Å². The minimum absolute atomic E-state index is 0.114. The number of rotatable bonds is 5. The van der Waals surface area contributed by atoms with Crippen LogP contribution in [0.5, 0.6) is 5.75 Å². The van der Waals surface area contributed by atoms with E-state index >= 15 is 0 Å². The van der Waals surface area contributed by atoms with Crippen molar-refractivity contribution in [2.45, 2.75) is 31.2 Å². The van der Waals surface area contributed by atoms with Gasteiger partial charge in [-0.3, -0.25) is 0 Å². The molecule has 1 aliphatic rings. The second-order valence-electron chi connectivity index (χ2n) is 7.47. The topological polar surface area (TPSA) is 85.9 Å². The maximum atomic E-state index is 13.0. The highest BCUT2D eigenvalue weighted by atomic mass is 32.2. The van der Waals surface area contributed by atoms with Crippen molar-refractivity contribution in [1.29, 1.82) is 0 Å². The Morgan fingerprint density at radius 3 is 2.66 bits per heavy atom.